The zero-order chi connectivity index (χ0) is 10.3. The van der Waals surface area contributed by atoms with Crippen LogP contribution in [0.1, 0.15) is 33.6 Å². The topological polar surface area (TPSA) is 62.1 Å². The van der Waals surface area contributed by atoms with Gasteiger partial charge in [0, 0.05) is 0 Å². The Bertz CT molecular complexity index is 196. The van der Waals surface area contributed by atoms with Crippen molar-refractivity contribution in [2.45, 2.75) is 45.8 Å². The fraction of sp³-hybridized carbons (Fsp3) is 0.778. The van der Waals surface area contributed by atoms with Crippen molar-refractivity contribution in [3.63, 3.8) is 0 Å². The first-order chi connectivity index (χ1) is 6.10. The second-order valence-corrected chi connectivity index (χ2v) is 3.07. The van der Waals surface area contributed by atoms with Gasteiger partial charge in [0.1, 0.15) is 6.04 Å². The van der Waals surface area contributed by atoms with Gasteiger partial charge in [-0.2, -0.15) is 5.26 Å². The number of hydrogen-bond acceptors (Lipinski definition) is 3. The highest BCUT2D eigenvalue weighted by Gasteiger charge is 2.11. The van der Waals surface area contributed by atoms with Gasteiger partial charge in [-0.15, -0.1) is 0 Å². The number of rotatable bonds is 4. The lowest BCUT2D eigenvalue weighted by Gasteiger charge is -2.12. The van der Waals surface area contributed by atoms with E-state index in [1.807, 2.05) is 13.0 Å². The summed E-state index contributed by atoms with van der Waals surface area (Å²) in [6.45, 7) is 5.49. The summed E-state index contributed by atoms with van der Waals surface area (Å²) in [6, 6.07) is 1.56. The zero-order valence-electron chi connectivity index (χ0n) is 8.33. The summed E-state index contributed by atoms with van der Waals surface area (Å²) in [5.41, 5.74) is 0. The number of nitriles is 1. The number of nitrogens with zero attached hydrogens (tertiary/aromatic N) is 1. The molecule has 0 aromatic rings. The maximum atomic E-state index is 11.0. The molecule has 74 valence electrons. The van der Waals surface area contributed by atoms with Crippen molar-refractivity contribution < 1.29 is 9.53 Å². The number of amides is 1. The fourth-order valence-corrected chi connectivity index (χ4v) is 0.848. The van der Waals surface area contributed by atoms with Crippen molar-refractivity contribution in [1.29, 1.82) is 5.26 Å². The summed E-state index contributed by atoms with van der Waals surface area (Å²) in [5.74, 6) is 0. The Morgan fingerprint density at radius 2 is 2.23 bits per heavy atom. The van der Waals surface area contributed by atoms with E-state index in [0.717, 1.165) is 6.42 Å². The molecule has 1 amide bonds. The fourth-order valence-electron chi connectivity index (χ4n) is 0.848. The van der Waals surface area contributed by atoms with Crippen LogP contribution in [0.15, 0.2) is 0 Å². The lowest BCUT2D eigenvalue weighted by Crippen LogP contribution is -2.35. The Morgan fingerprint density at radius 3 is 2.62 bits per heavy atom. The third kappa shape index (κ3) is 5.97. The smallest absolute Gasteiger partial charge is 0.408 e. The van der Waals surface area contributed by atoms with E-state index < -0.39 is 12.1 Å². The Hall–Kier alpha value is -1.24. The van der Waals surface area contributed by atoms with Crippen LogP contribution in [-0.4, -0.2) is 18.2 Å². The minimum Gasteiger partial charge on any atom is -0.447 e. The van der Waals surface area contributed by atoms with Gasteiger partial charge in [0.15, 0.2) is 0 Å². The van der Waals surface area contributed by atoms with Gasteiger partial charge in [0.2, 0.25) is 0 Å². The molecule has 0 aliphatic carbocycles. The van der Waals surface area contributed by atoms with E-state index >= 15 is 0 Å². The van der Waals surface area contributed by atoms with Crippen LogP contribution < -0.4 is 5.32 Å². The number of alkyl carbamates (subject to hydrolysis) is 1. The second kappa shape index (κ2) is 6.30. The predicted octanol–water partition coefficient (Wildman–Crippen LogP) is 1.81. The van der Waals surface area contributed by atoms with Crippen molar-refractivity contribution in [3.8, 4) is 6.07 Å². The van der Waals surface area contributed by atoms with Crippen molar-refractivity contribution in [2.75, 3.05) is 0 Å². The van der Waals surface area contributed by atoms with Crippen LogP contribution in [0.4, 0.5) is 4.79 Å². The third-order valence-electron chi connectivity index (χ3n) is 1.37. The van der Waals surface area contributed by atoms with E-state index in [1.165, 1.54) is 0 Å². The molecule has 0 heterocycles. The molecule has 0 bridgehead atoms. The van der Waals surface area contributed by atoms with E-state index in [0.29, 0.717) is 6.42 Å². The molecule has 0 radical (unpaired) electrons. The van der Waals surface area contributed by atoms with Gasteiger partial charge in [-0.1, -0.05) is 13.3 Å². The summed E-state index contributed by atoms with van der Waals surface area (Å²) >= 11 is 0. The van der Waals surface area contributed by atoms with Gasteiger partial charge >= 0.3 is 6.09 Å². The highest BCUT2D eigenvalue weighted by Crippen LogP contribution is 1.96. The van der Waals surface area contributed by atoms with Crippen molar-refractivity contribution in [3.05, 3.63) is 0 Å². The molecule has 4 heteroatoms. The summed E-state index contributed by atoms with van der Waals surface area (Å²) in [4.78, 5) is 11.0. The van der Waals surface area contributed by atoms with Crippen LogP contribution in [-0.2, 0) is 4.74 Å². The lowest BCUT2D eigenvalue weighted by atomic mass is 10.2. The molecule has 1 unspecified atom stereocenters. The first-order valence-corrected chi connectivity index (χ1v) is 4.46. The van der Waals surface area contributed by atoms with Gasteiger partial charge in [-0.25, -0.2) is 4.79 Å². The molecule has 13 heavy (non-hydrogen) atoms. The van der Waals surface area contributed by atoms with Gasteiger partial charge in [-0.3, -0.25) is 0 Å². The van der Waals surface area contributed by atoms with E-state index in [2.05, 4.69) is 5.32 Å². The normalized spacial score (nSPS) is 11.9. The summed E-state index contributed by atoms with van der Waals surface area (Å²) in [7, 11) is 0. The van der Waals surface area contributed by atoms with Crippen LogP contribution >= 0.6 is 0 Å². The second-order valence-electron chi connectivity index (χ2n) is 3.07. The van der Waals surface area contributed by atoms with E-state index in [1.54, 1.807) is 13.8 Å². The SMILES string of the molecule is CCCC(C#N)NC(=O)OC(C)C. The van der Waals surface area contributed by atoms with Crippen LogP contribution in [0.25, 0.3) is 0 Å². The monoisotopic (exact) mass is 184 g/mol. The van der Waals surface area contributed by atoms with Gasteiger partial charge < -0.3 is 10.1 Å². The molecular formula is C9H16N2O2. The average molecular weight is 184 g/mol. The summed E-state index contributed by atoms with van der Waals surface area (Å²) < 4.78 is 4.83. The molecule has 0 aromatic carbocycles. The Kier molecular flexibility index (Phi) is 5.69. The first-order valence-electron chi connectivity index (χ1n) is 4.46. The quantitative estimate of drug-likeness (QED) is 0.724. The van der Waals surface area contributed by atoms with Gasteiger partial charge in [0.05, 0.1) is 12.2 Å². The molecule has 0 aliphatic rings. The zero-order valence-corrected chi connectivity index (χ0v) is 8.33. The van der Waals surface area contributed by atoms with E-state index in [-0.39, 0.29) is 6.10 Å². The Balaban J connectivity index is 3.81. The number of carbonyl (C=O) groups excluding carboxylic acids is 1. The van der Waals surface area contributed by atoms with Crippen LogP contribution in [0.2, 0.25) is 0 Å². The van der Waals surface area contributed by atoms with Gasteiger partial charge in [0.25, 0.3) is 0 Å². The number of carbonyl (C=O) groups is 1. The molecule has 0 saturated carbocycles. The van der Waals surface area contributed by atoms with Gasteiger partial charge in [-0.05, 0) is 20.3 Å². The third-order valence-corrected chi connectivity index (χ3v) is 1.37. The molecule has 0 fully saturated rings. The maximum Gasteiger partial charge on any atom is 0.408 e. The molecule has 0 rings (SSSR count). The van der Waals surface area contributed by atoms with Crippen LogP contribution in [0.3, 0.4) is 0 Å². The summed E-state index contributed by atoms with van der Waals surface area (Å²) in [5, 5.41) is 11.1. The first kappa shape index (κ1) is 11.8. The largest absolute Gasteiger partial charge is 0.447 e. The molecule has 4 nitrogen and oxygen atoms in total. The molecular weight excluding hydrogens is 168 g/mol. The summed E-state index contributed by atoms with van der Waals surface area (Å²) in [6.07, 6.45) is 0.847. The molecule has 0 spiro atoms. The highest BCUT2D eigenvalue weighted by molar-refractivity contribution is 5.68. The van der Waals surface area contributed by atoms with Crippen molar-refractivity contribution in [2.24, 2.45) is 0 Å². The minimum absolute atomic E-state index is 0.152. The molecule has 0 saturated heterocycles. The lowest BCUT2D eigenvalue weighted by molar-refractivity contribution is 0.113. The predicted molar refractivity (Wildman–Crippen MR) is 49.1 cm³/mol. The standard InChI is InChI=1S/C9H16N2O2/c1-4-5-8(6-10)11-9(12)13-7(2)3/h7-8H,4-5H2,1-3H3,(H,11,12). The van der Waals surface area contributed by atoms with Crippen LogP contribution in [0.5, 0.6) is 0 Å². The minimum atomic E-state index is -0.519. The molecule has 0 aliphatic heterocycles. The van der Waals surface area contributed by atoms with Crippen molar-refractivity contribution in [1.82, 2.24) is 5.32 Å². The Morgan fingerprint density at radius 1 is 1.62 bits per heavy atom. The van der Waals surface area contributed by atoms with Crippen LogP contribution in [0, 0.1) is 11.3 Å². The van der Waals surface area contributed by atoms with Crippen molar-refractivity contribution >= 4 is 6.09 Å². The van der Waals surface area contributed by atoms with E-state index in [9.17, 15) is 4.79 Å². The average Bonchev–Trinajstić information content (AvgIpc) is 2.02. The molecule has 1 atom stereocenters. The van der Waals surface area contributed by atoms with E-state index in [4.69, 9.17) is 10.00 Å². The number of hydrogen-bond donors (Lipinski definition) is 1. The number of nitrogens with one attached hydrogen (secondary N) is 1. The number of ether oxygens (including phenoxy) is 1. The molecule has 1 N–H and O–H groups in total. The maximum absolute atomic E-state index is 11.0. The Labute approximate surface area is 78.9 Å². The molecule has 0 aromatic heterocycles. The highest BCUT2D eigenvalue weighted by atomic mass is 16.6.